The number of benzene rings is 7. The first-order valence-corrected chi connectivity index (χ1v) is 16.7. The molecule has 0 saturated heterocycles. The van der Waals surface area contributed by atoms with Crippen LogP contribution in [-0.2, 0) is 0 Å². The summed E-state index contributed by atoms with van der Waals surface area (Å²) in [5, 5.41) is 2.50. The van der Waals surface area contributed by atoms with Crippen molar-refractivity contribution in [2.24, 2.45) is 0 Å². The minimum atomic E-state index is 0.951. The molecular formula is C47H32N2. The molecule has 0 aliphatic rings. The first-order chi connectivity index (χ1) is 24.3. The van der Waals surface area contributed by atoms with Crippen LogP contribution in [0.25, 0.3) is 83.4 Å². The normalized spacial score (nSPS) is 11.3. The summed E-state index contributed by atoms with van der Waals surface area (Å²) < 4.78 is 2.45. The van der Waals surface area contributed by atoms with E-state index in [4.69, 9.17) is 4.98 Å². The Morgan fingerprint density at radius 2 is 0.714 bits per heavy atom. The van der Waals surface area contributed by atoms with Gasteiger partial charge in [0.2, 0.25) is 0 Å². The molecule has 0 N–H and O–H groups in total. The molecule has 9 rings (SSSR count). The Balaban J connectivity index is 1.23. The van der Waals surface area contributed by atoms with Crippen LogP contribution in [0.15, 0.2) is 194 Å². The molecule has 7 aromatic carbocycles. The van der Waals surface area contributed by atoms with E-state index in [2.05, 4.69) is 193 Å². The second-order valence-electron chi connectivity index (χ2n) is 12.4. The lowest BCUT2D eigenvalue weighted by Gasteiger charge is -2.19. The molecule has 9 aromatic rings. The molecule has 0 aliphatic carbocycles. The maximum Gasteiger partial charge on any atom is 0.0715 e. The number of para-hydroxylation sites is 3. The molecule has 2 heterocycles. The summed E-state index contributed by atoms with van der Waals surface area (Å²) in [4.78, 5) is 5.18. The van der Waals surface area contributed by atoms with Gasteiger partial charge in [0.25, 0.3) is 0 Å². The molecule has 0 atom stereocenters. The lowest BCUT2D eigenvalue weighted by molar-refractivity contribution is 1.18. The lowest BCUT2D eigenvalue weighted by Crippen LogP contribution is -2.00. The van der Waals surface area contributed by atoms with Gasteiger partial charge in [-0.1, -0.05) is 170 Å². The highest BCUT2D eigenvalue weighted by atomic mass is 15.0. The first-order valence-electron chi connectivity index (χ1n) is 16.7. The number of aromatic nitrogens is 2. The van der Waals surface area contributed by atoms with Crippen molar-refractivity contribution < 1.29 is 0 Å². The average Bonchev–Trinajstić information content (AvgIpc) is 3.52. The molecule has 0 unspecified atom stereocenters. The van der Waals surface area contributed by atoms with E-state index in [1.54, 1.807) is 0 Å². The third-order valence-electron chi connectivity index (χ3n) is 9.42. The molecular weight excluding hydrogens is 593 g/mol. The fraction of sp³-hybridized carbons (Fsp3) is 0. The number of hydrogen-bond acceptors (Lipinski definition) is 1. The molecule has 49 heavy (non-hydrogen) atoms. The Hall–Kier alpha value is -6.51. The maximum absolute atomic E-state index is 5.18. The SMILES string of the molecule is c1ccc(-c2cc(-c3ccccc3)nc(-c3ccc(-c4cccc(-c5ccccc5)c4-n4c5ccccc5c5ccccc54)cc3)c2)cc1. The van der Waals surface area contributed by atoms with Crippen molar-refractivity contribution in [2.75, 3.05) is 0 Å². The van der Waals surface area contributed by atoms with Gasteiger partial charge in [-0.3, -0.25) is 0 Å². The monoisotopic (exact) mass is 624 g/mol. The molecule has 0 fully saturated rings. The summed E-state index contributed by atoms with van der Waals surface area (Å²) in [6.45, 7) is 0. The van der Waals surface area contributed by atoms with Crippen molar-refractivity contribution in [3.63, 3.8) is 0 Å². The molecule has 2 nitrogen and oxygen atoms in total. The van der Waals surface area contributed by atoms with Gasteiger partial charge in [-0.15, -0.1) is 0 Å². The lowest BCUT2D eigenvalue weighted by atomic mass is 9.94. The third kappa shape index (κ3) is 5.21. The fourth-order valence-corrected chi connectivity index (χ4v) is 7.08. The van der Waals surface area contributed by atoms with E-state index in [1.807, 2.05) is 6.07 Å². The summed E-state index contributed by atoms with van der Waals surface area (Å²) >= 11 is 0. The van der Waals surface area contributed by atoms with Crippen molar-refractivity contribution in [1.82, 2.24) is 9.55 Å². The standard InChI is InChI=1S/C47H32N2/c1-4-15-33(16-5-1)38-31-43(36-19-8-3-9-20-36)48-44(32-38)37-29-27-35(28-30-37)40-24-14-23-39(34-17-6-2-7-18-34)47(40)49-45-25-12-10-21-41(45)42-22-11-13-26-46(42)49/h1-32H. The quantitative estimate of drug-likeness (QED) is 0.180. The smallest absolute Gasteiger partial charge is 0.0715 e. The van der Waals surface area contributed by atoms with Crippen LogP contribution in [0.2, 0.25) is 0 Å². The van der Waals surface area contributed by atoms with Gasteiger partial charge in [-0.2, -0.15) is 0 Å². The van der Waals surface area contributed by atoms with Crippen molar-refractivity contribution in [1.29, 1.82) is 0 Å². The van der Waals surface area contributed by atoms with Crippen LogP contribution in [0.4, 0.5) is 0 Å². The summed E-state index contributed by atoms with van der Waals surface area (Å²) in [7, 11) is 0. The zero-order valence-corrected chi connectivity index (χ0v) is 26.9. The Labute approximate surface area is 286 Å². The maximum atomic E-state index is 5.18. The zero-order chi connectivity index (χ0) is 32.6. The number of nitrogens with zero attached hydrogens (tertiary/aromatic N) is 2. The van der Waals surface area contributed by atoms with E-state index >= 15 is 0 Å². The molecule has 0 spiro atoms. The van der Waals surface area contributed by atoms with Crippen LogP contribution < -0.4 is 0 Å². The predicted octanol–water partition coefficient (Wildman–Crippen LogP) is 12.5. The number of rotatable bonds is 6. The summed E-state index contributed by atoms with van der Waals surface area (Å²) in [5.74, 6) is 0. The van der Waals surface area contributed by atoms with E-state index in [0.717, 1.165) is 33.6 Å². The van der Waals surface area contributed by atoms with Gasteiger partial charge >= 0.3 is 0 Å². The van der Waals surface area contributed by atoms with Crippen molar-refractivity contribution in [3.8, 4) is 61.6 Å². The van der Waals surface area contributed by atoms with Crippen molar-refractivity contribution >= 4 is 21.8 Å². The second kappa shape index (κ2) is 12.3. The minimum absolute atomic E-state index is 0.951. The highest BCUT2D eigenvalue weighted by Gasteiger charge is 2.19. The Morgan fingerprint density at radius 3 is 1.27 bits per heavy atom. The molecule has 0 saturated carbocycles. The molecule has 0 radical (unpaired) electrons. The van der Waals surface area contributed by atoms with Crippen LogP contribution >= 0.6 is 0 Å². The van der Waals surface area contributed by atoms with Crippen LogP contribution in [-0.4, -0.2) is 9.55 Å². The average molecular weight is 625 g/mol. The fourth-order valence-electron chi connectivity index (χ4n) is 7.08. The topological polar surface area (TPSA) is 17.8 Å². The van der Waals surface area contributed by atoms with E-state index < -0.39 is 0 Å². The van der Waals surface area contributed by atoms with Crippen molar-refractivity contribution in [2.45, 2.75) is 0 Å². The van der Waals surface area contributed by atoms with Gasteiger partial charge in [0.05, 0.1) is 28.1 Å². The van der Waals surface area contributed by atoms with Gasteiger partial charge in [0.1, 0.15) is 0 Å². The van der Waals surface area contributed by atoms with Crippen LogP contribution in [0.3, 0.4) is 0 Å². The number of hydrogen-bond donors (Lipinski definition) is 0. The molecule has 230 valence electrons. The molecule has 2 aromatic heterocycles. The number of pyridine rings is 1. The highest BCUT2D eigenvalue weighted by molar-refractivity contribution is 6.10. The molecule has 0 bridgehead atoms. The van der Waals surface area contributed by atoms with E-state index in [1.165, 1.54) is 49.7 Å². The molecule has 0 aliphatic heterocycles. The molecule has 0 amide bonds. The largest absolute Gasteiger partial charge is 0.308 e. The summed E-state index contributed by atoms with van der Waals surface area (Å²) in [6.07, 6.45) is 0. The Morgan fingerprint density at radius 1 is 0.306 bits per heavy atom. The van der Waals surface area contributed by atoms with Gasteiger partial charge in [-0.05, 0) is 46.5 Å². The zero-order valence-electron chi connectivity index (χ0n) is 26.9. The van der Waals surface area contributed by atoms with Crippen LogP contribution in [0, 0.1) is 0 Å². The van der Waals surface area contributed by atoms with Gasteiger partial charge in [-0.25, -0.2) is 4.98 Å². The van der Waals surface area contributed by atoms with Crippen molar-refractivity contribution in [3.05, 3.63) is 194 Å². The van der Waals surface area contributed by atoms with Gasteiger partial charge < -0.3 is 4.57 Å². The van der Waals surface area contributed by atoms with E-state index in [-0.39, 0.29) is 0 Å². The van der Waals surface area contributed by atoms with E-state index in [9.17, 15) is 0 Å². The first kappa shape index (κ1) is 28.7. The van der Waals surface area contributed by atoms with Gasteiger partial charge in [0, 0.05) is 33.0 Å². The molecule has 2 heteroatoms. The number of fused-ring (bicyclic) bond motifs is 3. The summed E-state index contributed by atoms with van der Waals surface area (Å²) in [5.41, 5.74) is 14.7. The van der Waals surface area contributed by atoms with Crippen LogP contribution in [0.5, 0.6) is 0 Å². The third-order valence-corrected chi connectivity index (χ3v) is 9.42. The highest BCUT2D eigenvalue weighted by Crippen LogP contribution is 2.41. The van der Waals surface area contributed by atoms with Crippen LogP contribution in [0.1, 0.15) is 0 Å². The summed E-state index contributed by atoms with van der Waals surface area (Å²) in [6, 6.07) is 69.2. The van der Waals surface area contributed by atoms with Gasteiger partial charge in [0.15, 0.2) is 0 Å². The minimum Gasteiger partial charge on any atom is -0.308 e. The second-order valence-corrected chi connectivity index (χ2v) is 12.4. The van der Waals surface area contributed by atoms with E-state index in [0.29, 0.717) is 0 Å². The Bertz CT molecular complexity index is 2450. The predicted molar refractivity (Wildman–Crippen MR) is 206 cm³/mol. The Kier molecular flexibility index (Phi) is 7.18.